The molecule has 3 saturated heterocycles. The average Bonchev–Trinajstić information content (AvgIpc) is 2.36. The smallest absolute Gasteiger partial charge is 0.330 e. The van der Waals surface area contributed by atoms with Crippen LogP contribution < -0.4 is 11.1 Å². The van der Waals surface area contributed by atoms with Crippen molar-refractivity contribution in [3.8, 4) is 0 Å². The van der Waals surface area contributed by atoms with Gasteiger partial charge in [0.25, 0.3) is 5.12 Å². The number of hydrogen-bond acceptors (Lipinski definition) is 7. The lowest BCUT2D eigenvalue weighted by Gasteiger charge is -2.30. The second-order valence-corrected chi connectivity index (χ2v) is 4.94. The van der Waals surface area contributed by atoms with Crippen LogP contribution in [0.25, 0.3) is 0 Å². The zero-order valence-corrected chi connectivity index (χ0v) is 8.59. The summed E-state index contributed by atoms with van der Waals surface area (Å²) in [5.41, 5.74) is 5.30. The van der Waals surface area contributed by atoms with Crippen molar-refractivity contribution in [1.82, 2.24) is 5.32 Å². The predicted molar refractivity (Wildman–Crippen MR) is 48.0 cm³/mol. The fourth-order valence-electron chi connectivity index (χ4n) is 1.16. The number of rotatable bonds is 4. The van der Waals surface area contributed by atoms with Gasteiger partial charge in [0.05, 0.1) is 0 Å². The van der Waals surface area contributed by atoms with E-state index in [1.165, 1.54) is 0 Å². The van der Waals surface area contributed by atoms with Gasteiger partial charge in [0, 0.05) is 0 Å². The first-order valence-electron chi connectivity index (χ1n) is 3.94. The Morgan fingerprint density at radius 2 is 2.31 bits per heavy atom. The van der Waals surface area contributed by atoms with Gasteiger partial charge in [-0.2, -0.15) is 0 Å². The van der Waals surface area contributed by atoms with Crippen molar-refractivity contribution < 1.29 is 18.1 Å². The summed E-state index contributed by atoms with van der Waals surface area (Å²) in [7, 11) is -3.24. The summed E-state index contributed by atoms with van der Waals surface area (Å²) in [5, 5.41) is 1.76. The summed E-state index contributed by atoms with van der Waals surface area (Å²) >= 11 is 4.03. The van der Waals surface area contributed by atoms with Crippen molar-refractivity contribution in [2.75, 3.05) is 13.1 Å². The Labute approximate surface area is 81.1 Å². The predicted octanol–water partition coefficient (Wildman–Crippen LogP) is 0.0196. The molecule has 0 radical (unpaired) electrons. The Morgan fingerprint density at radius 1 is 1.62 bits per heavy atom. The van der Waals surface area contributed by atoms with Gasteiger partial charge in [-0.3, -0.25) is 9.84 Å². The molecule has 0 aromatic carbocycles. The van der Waals surface area contributed by atoms with Crippen molar-refractivity contribution in [3.63, 3.8) is 0 Å². The van der Waals surface area contributed by atoms with Gasteiger partial charge in [-0.15, -0.1) is 12.6 Å². The summed E-state index contributed by atoms with van der Waals surface area (Å²) in [4.78, 5) is 0. The molecule has 0 amide bonds. The van der Waals surface area contributed by atoms with E-state index >= 15 is 0 Å². The minimum Gasteiger partial charge on any atom is -0.330 e. The van der Waals surface area contributed by atoms with Crippen LogP contribution in [0.1, 0.15) is 6.42 Å². The number of fused-ring (bicyclic) bond motifs is 1. The fourth-order valence-corrected chi connectivity index (χ4v) is 3.39. The van der Waals surface area contributed by atoms with E-state index < -0.39 is 19.2 Å². The Balaban J connectivity index is 1.85. The average molecular weight is 226 g/mol. The lowest BCUT2D eigenvalue weighted by Crippen LogP contribution is -2.46. The number of nitrogens with one attached hydrogen (secondary N) is 1. The summed E-state index contributed by atoms with van der Waals surface area (Å²) < 4.78 is 25.8. The van der Waals surface area contributed by atoms with Gasteiger partial charge in [0.15, 0.2) is 6.23 Å². The fraction of sp³-hybridized carbons (Fsp3) is 1.00. The minimum absolute atomic E-state index is 0.576. The largest absolute Gasteiger partial charge is 0.483 e. The van der Waals surface area contributed by atoms with E-state index in [-0.39, 0.29) is 0 Å². The maximum atomic E-state index is 11.1. The second-order valence-electron chi connectivity index (χ2n) is 2.84. The number of thiol groups is 1. The third kappa shape index (κ3) is 1.66. The van der Waals surface area contributed by atoms with E-state index in [0.29, 0.717) is 13.1 Å². The van der Waals surface area contributed by atoms with Gasteiger partial charge in [-0.1, -0.05) is 0 Å². The maximum absolute atomic E-state index is 11.1. The van der Waals surface area contributed by atoms with E-state index in [1.54, 1.807) is 0 Å². The Morgan fingerprint density at radius 3 is 2.77 bits per heavy atom. The quantitative estimate of drug-likeness (QED) is 0.356. The lowest BCUT2D eigenvalue weighted by molar-refractivity contribution is -0.109. The molecule has 0 aromatic rings. The van der Waals surface area contributed by atoms with Crippen LogP contribution in [0.4, 0.5) is 0 Å². The molecular formula is C5H11N2O4PS. The molecule has 3 aliphatic heterocycles. The van der Waals surface area contributed by atoms with Crippen LogP contribution in [-0.4, -0.2) is 24.4 Å². The maximum Gasteiger partial charge on any atom is 0.483 e. The highest BCUT2D eigenvalue weighted by Gasteiger charge is 2.69. The molecule has 76 valence electrons. The zero-order chi connectivity index (χ0) is 9.53. The number of nitrogens with two attached hydrogens (primary N) is 1. The number of phosphoric ester groups is 1. The van der Waals surface area contributed by atoms with E-state index in [2.05, 4.69) is 17.9 Å². The van der Waals surface area contributed by atoms with Crippen molar-refractivity contribution in [2.45, 2.75) is 17.8 Å². The Kier molecular flexibility index (Phi) is 2.44. The number of phosphoric acid groups is 1. The highest BCUT2D eigenvalue weighted by molar-refractivity contribution is 7.82. The molecule has 0 saturated carbocycles. The molecule has 3 fully saturated rings. The van der Waals surface area contributed by atoms with Crippen LogP contribution in [0.2, 0.25) is 0 Å². The van der Waals surface area contributed by atoms with Gasteiger partial charge in [0.1, 0.15) is 0 Å². The van der Waals surface area contributed by atoms with Gasteiger partial charge in [-0.05, 0) is 19.5 Å². The Bertz CT molecular complexity index is 253. The zero-order valence-electron chi connectivity index (χ0n) is 6.80. The molecule has 3 N–H and O–H groups in total. The molecule has 3 aliphatic rings. The van der Waals surface area contributed by atoms with E-state index in [0.717, 1.165) is 6.42 Å². The topological polar surface area (TPSA) is 82.8 Å². The normalized spacial score (nSPS) is 47.7. The van der Waals surface area contributed by atoms with Crippen LogP contribution in [0.15, 0.2) is 0 Å². The first kappa shape index (κ1) is 9.92. The molecule has 1 unspecified atom stereocenters. The van der Waals surface area contributed by atoms with Crippen LogP contribution in [0, 0.1) is 0 Å². The monoisotopic (exact) mass is 226 g/mol. The minimum atomic E-state index is -3.24. The highest BCUT2D eigenvalue weighted by atomic mass is 32.1. The van der Waals surface area contributed by atoms with Crippen LogP contribution in [0.3, 0.4) is 0 Å². The van der Waals surface area contributed by atoms with Crippen molar-refractivity contribution >= 4 is 20.5 Å². The van der Waals surface area contributed by atoms with Crippen LogP contribution >= 0.6 is 20.5 Å². The molecule has 0 spiro atoms. The summed E-state index contributed by atoms with van der Waals surface area (Å²) in [6.07, 6.45) is 0.224. The molecule has 2 bridgehead atoms. The molecule has 0 aliphatic carbocycles. The first-order valence-corrected chi connectivity index (χ1v) is 5.84. The number of hydrogen-bond donors (Lipinski definition) is 3. The van der Waals surface area contributed by atoms with Crippen LogP contribution in [0.5, 0.6) is 0 Å². The second kappa shape index (κ2) is 3.20. The van der Waals surface area contributed by atoms with Gasteiger partial charge < -0.3 is 5.73 Å². The van der Waals surface area contributed by atoms with Gasteiger partial charge >= 0.3 is 7.82 Å². The van der Waals surface area contributed by atoms with Crippen molar-refractivity contribution in [2.24, 2.45) is 5.73 Å². The lowest BCUT2D eigenvalue weighted by atomic mass is 10.4. The molecule has 1 atom stereocenters. The van der Waals surface area contributed by atoms with Gasteiger partial charge in [0.2, 0.25) is 0 Å². The summed E-state index contributed by atoms with van der Waals surface area (Å²) in [5.74, 6) is 0. The SMILES string of the molecule is NCCCNC1OP2(=O)OC1(S)O2. The molecule has 13 heavy (non-hydrogen) atoms. The van der Waals surface area contributed by atoms with Crippen molar-refractivity contribution in [1.29, 1.82) is 0 Å². The van der Waals surface area contributed by atoms with E-state index in [4.69, 9.17) is 19.3 Å². The summed E-state index contributed by atoms with van der Waals surface area (Å²) in [6, 6.07) is 0. The third-order valence-corrected chi connectivity index (χ3v) is 3.93. The highest BCUT2D eigenvalue weighted by Crippen LogP contribution is 2.74. The molecule has 8 heteroatoms. The third-order valence-electron chi connectivity index (χ3n) is 1.76. The molecular weight excluding hydrogens is 215 g/mol. The van der Waals surface area contributed by atoms with Crippen molar-refractivity contribution in [3.05, 3.63) is 0 Å². The molecule has 3 rings (SSSR count). The van der Waals surface area contributed by atoms with E-state index in [9.17, 15) is 4.57 Å². The first-order chi connectivity index (χ1) is 6.08. The molecule has 6 nitrogen and oxygen atoms in total. The standard InChI is InChI=1S/C5H11N2O4PS/c6-2-1-3-7-4-5(13)10-12(8,9-4)11-5/h4,7,13H,1-3,6H2. The Hall–Kier alpha value is 0.380. The van der Waals surface area contributed by atoms with E-state index in [1.807, 2.05) is 0 Å². The molecule has 3 heterocycles. The summed E-state index contributed by atoms with van der Waals surface area (Å²) in [6.45, 7) is 1.23. The van der Waals surface area contributed by atoms with Gasteiger partial charge in [-0.25, -0.2) is 13.6 Å². The molecule has 0 aromatic heterocycles. The van der Waals surface area contributed by atoms with Crippen LogP contribution in [-0.2, 0) is 18.1 Å².